The van der Waals surface area contributed by atoms with Crippen molar-refractivity contribution in [3.8, 4) is 0 Å². The van der Waals surface area contributed by atoms with Crippen LogP contribution in [0.4, 0.5) is 11.4 Å². The maximum absolute atomic E-state index is 11.9. The third-order valence-electron chi connectivity index (χ3n) is 2.47. The van der Waals surface area contributed by atoms with Crippen molar-refractivity contribution in [1.82, 2.24) is 10.3 Å². The predicted octanol–water partition coefficient (Wildman–Crippen LogP) is 2.22. The van der Waals surface area contributed by atoms with Gasteiger partial charge in [-0.1, -0.05) is 11.6 Å². The van der Waals surface area contributed by atoms with Crippen LogP contribution in [0.5, 0.6) is 0 Å². The molecule has 20 heavy (non-hydrogen) atoms. The Hall–Kier alpha value is -2.19. The second-order valence-electron chi connectivity index (χ2n) is 3.80. The number of benzene rings is 1. The Morgan fingerprint density at radius 3 is 2.90 bits per heavy atom. The van der Waals surface area contributed by atoms with Crippen LogP contribution < -0.4 is 11.1 Å². The molecule has 0 atom stereocenters. The number of hydrogen-bond donors (Lipinski definition) is 2. The molecule has 1 aromatic heterocycles. The Balaban J connectivity index is 2.19. The van der Waals surface area contributed by atoms with E-state index >= 15 is 0 Å². The highest BCUT2D eigenvalue weighted by molar-refractivity contribution is 7.09. The SMILES string of the molecule is Nc1c(Cl)cc(C(=O)NCc2cncs2)cc1[N+](=O)[O-]. The van der Waals surface area contributed by atoms with Gasteiger partial charge in [-0.2, -0.15) is 0 Å². The van der Waals surface area contributed by atoms with Gasteiger partial charge >= 0.3 is 0 Å². The Kier molecular flexibility index (Phi) is 4.16. The Labute approximate surface area is 122 Å². The maximum atomic E-state index is 11.9. The Bertz CT molecular complexity index is 660. The molecule has 1 heterocycles. The largest absolute Gasteiger partial charge is 0.392 e. The number of rotatable bonds is 4. The normalized spacial score (nSPS) is 10.2. The monoisotopic (exact) mass is 312 g/mol. The van der Waals surface area contributed by atoms with Gasteiger partial charge in [0.2, 0.25) is 0 Å². The number of nitrogens with one attached hydrogen (secondary N) is 1. The van der Waals surface area contributed by atoms with E-state index in [-0.39, 0.29) is 22.0 Å². The zero-order valence-electron chi connectivity index (χ0n) is 10.00. The van der Waals surface area contributed by atoms with Crippen LogP contribution in [0.1, 0.15) is 15.2 Å². The van der Waals surface area contributed by atoms with Gasteiger partial charge in [0, 0.05) is 22.7 Å². The highest BCUT2D eigenvalue weighted by atomic mass is 35.5. The fourth-order valence-electron chi connectivity index (χ4n) is 1.48. The third kappa shape index (κ3) is 3.03. The van der Waals surface area contributed by atoms with E-state index in [1.165, 1.54) is 17.4 Å². The summed E-state index contributed by atoms with van der Waals surface area (Å²) in [6.07, 6.45) is 1.63. The summed E-state index contributed by atoms with van der Waals surface area (Å²) in [5, 5.41) is 13.4. The van der Waals surface area contributed by atoms with Gasteiger partial charge in [0.15, 0.2) is 0 Å². The molecule has 2 aromatic rings. The molecule has 0 saturated heterocycles. The van der Waals surface area contributed by atoms with E-state index in [4.69, 9.17) is 17.3 Å². The number of nitrogens with zero attached hydrogens (tertiary/aromatic N) is 2. The molecule has 1 amide bonds. The van der Waals surface area contributed by atoms with Gasteiger partial charge in [-0.15, -0.1) is 11.3 Å². The minimum Gasteiger partial charge on any atom is -0.392 e. The van der Waals surface area contributed by atoms with Crippen molar-refractivity contribution in [2.24, 2.45) is 0 Å². The highest BCUT2D eigenvalue weighted by Crippen LogP contribution is 2.30. The fraction of sp³-hybridized carbons (Fsp3) is 0.0909. The maximum Gasteiger partial charge on any atom is 0.294 e. The molecule has 104 valence electrons. The lowest BCUT2D eigenvalue weighted by atomic mass is 10.1. The van der Waals surface area contributed by atoms with Gasteiger partial charge in [0.1, 0.15) is 5.69 Å². The molecule has 2 rings (SSSR count). The summed E-state index contributed by atoms with van der Waals surface area (Å²) in [4.78, 5) is 26.8. The van der Waals surface area contributed by atoms with Crippen molar-refractivity contribution in [2.75, 3.05) is 5.73 Å². The number of thiazole rings is 1. The number of nitro groups is 1. The number of hydrogen-bond acceptors (Lipinski definition) is 6. The number of nitro benzene ring substituents is 1. The average molecular weight is 313 g/mol. The summed E-state index contributed by atoms with van der Waals surface area (Å²) in [5.41, 5.74) is 6.68. The van der Waals surface area contributed by atoms with E-state index in [1.54, 1.807) is 11.7 Å². The molecule has 0 aliphatic heterocycles. The summed E-state index contributed by atoms with van der Waals surface area (Å²) in [6, 6.07) is 2.40. The average Bonchev–Trinajstić information content (AvgIpc) is 2.91. The molecular formula is C11H9ClN4O3S. The van der Waals surface area contributed by atoms with Crippen LogP contribution in [0.15, 0.2) is 23.8 Å². The van der Waals surface area contributed by atoms with Crippen LogP contribution in [0.3, 0.4) is 0 Å². The summed E-state index contributed by atoms with van der Waals surface area (Å²) in [7, 11) is 0. The molecule has 7 nitrogen and oxygen atoms in total. The highest BCUT2D eigenvalue weighted by Gasteiger charge is 2.19. The van der Waals surface area contributed by atoms with E-state index in [0.29, 0.717) is 6.54 Å². The zero-order valence-corrected chi connectivity index (χ0v) is 11.6. The second-order valence-corrected chi connectivity index (χ2v) is 5.18. The van der Waals surface area contributed by atoms with Crippen LogP contribution in [0.2, 0.25) is 5.02 Å². The molecule has 0 radical (unpaired) electrons. The number of carbonyl (C=O) groups is 1. The molecule has 0 fully saturated rings. The van der Waals surface area contributed by atoms with Crippen molar-refractivity contribution in [3.63, 3.8) is 0 Å². The zero-order chi connectivity index (χ0) is 14.7. The van der Waals surface area contributed by atoms with Crippen LogP contribution in [-0.2, 0) is 6.54 Å². The van der Waals surface area contributed by atoms with Gasteiger partial charge in [0.25, 0.3) is 11.6 Å². The van der Waals surface area contributed by atoms with Gasteiger partial charge in [-0.05, 0) is 6.07 Å². The van der Waals surface area contributed by atoms with Gasteiger partial charge in [-0.25, -0.2) is 0 Å². The summed E-state index contributed by atoms with van der Waals surface area (Å²) >= 11 is 7.18. The minimum absolute atomic E-state index is 0.0258. The number of nitrogen functional groups attached to an aromatic ring is 1. The summed E-state index contributed by atoms with van der Waals surface area (Å²) in [6.45, 7) is 0.291. The molecule has 0 aliphatic carbocycles. The van der Waals surface area contributed by atoms with Crippen molar-refractivity contribution in [1.29, 1.82) is 0 Å². The molecule has 0 unspecified atom stereocenters. The van der Waals surface area contributed by atoms with E-state index in [9.17, 15) is 14.9 Å². The molecule has 1 aromatic carbocycles. The van der Waals surface area contributed by atoms with E-state index in [2.05, 4.69) is 10.3 Å². The molecular weight excluding hydrogens is 304 g/mol. The van der Waals surface area contributed by atoms with Gasteiger partial charge < -0.3 is 11.1 Å². The molecule has 0 saturated carbocycles. The molecule has 0 bridgehead atoms. The number of anilines is 1. The number of amides is 1. The second kappa shape index (κ2) is 5.85. The quantitative estimate of drug-likeness (QED) is 0.511. The summed E-state index contributed by atoms with van der Waals surface area (Å²) in [5.74, 6) is -0.469. The van der Waals surface area contributed by atoms with Crippen molar-refractivity contribution in [3.05, 3.63) is 49.4 Å². The van der Waals surface area contributed by atoms with Gasteiger partial charge in [0.05, 0.1) is 22.0 Å². The van der Waals surface area contributed by atoms with E-state index in [1.807, 2.05) is 0 Å². The van der Waals surface area contributed by atoms with Crippen molar-refractivity contribution in [2.45, 2.75) is 6.54 Å². The third-order valence-corrected chi connectivity index (χ3v) is 3.57. The molecule has 0 aliphatic rings. The smallest absolute Gasteiger partial charge is 0.294 e. The predicted molar refractivity (Wildman–Crippen MR) is 75.8 cm³/mol. The number of carbonyl (C=O) groups excluding carboxylic acids is 1. The number of nitrogens with two attached hydrogens (primary N) is 1. The topological polar surface area (TPSA) is 111 Å². The Morgan fingerprint density at radius 2 is 2.30 bits per heavy atom. The van der Waals surface area contributed by atoms with Crippen LogP contribution in [0, 0.1) is 10.1 Å². The van der Waals surface area contributed by atoms with Crippen LogP contribution in [0.25, 0.3) is 0 Å². The van der Waals surface area contributed by atoms with Crippen LogP contribution >= 0.6 is 22.9 Å². The summed E-state index contributed by atoms with van der Waals surface area (Å²) < 4.78 is 0. The van der Waals surface area contributed by atoms with Crippen LogP contribution in [-0.4, -0.2) is 15.8 Å². The fourth-order valence-corrected chi connectivity index (χ4v) is 2.23. The lowest BCUT2D eigenvalue weighted by Crippen LogP contribution is -2.22. The van der Waals surface area contributed by atoms with Gasteiger partial charge in [-0.3, -0.25) is 19.9 Å². The van der Waals surface area contributed by atoms with Crippen molar-refractivity contribution < 1.29 is 9.72 Å². The first-order chi connectivity index (χ1) is 9.49. The lowest BCUT2D eigenvalue weighted by Gasteiger charge is -2.06. The number of aromatic nitrogens is 1. The lowest BCUT2D eigenvalue weighted by molar-refractivity contribution is -0.383. The standard InChI is InChI=1S/C11H9ClN4O3S/c12-8-1-6(2-9(10(8)13)16(18)19)11(17)15-4-7-3-14-5-20-7/h1-3,5H,4,13H2,(H,15,17). The number of halogens is 1. The molecule has 0 spiro atoms. The van der Waals surface area contributed by atoms with E-state index < -0.39 is 10.8 Å². The molecule has 9 heteroatoms. The van der Waals surface area contributed by atoms with E-state index in [0.717, 1.165) is 10.9 Å². The van der Waals surface area contributed by atoms with Crippen molar-refractivity contribution >= 4 is 40.2 Å². The minimum atomic E-state index is -0.679. The Morgan fingerprint density at radius 1 is 1.55 bits per heavy atom. The first kappa shape index (κ1) is 14.2. The first-order valence-electron chi connectivity index (χ1n) is 5.38. The molecule has 3 N–H and O–H groups in total. The first-order valence-corrected chi connectivity index (χ1v) is 6.63.